The maximum atomic E-state index is 12.7. The zero-order valence-electron chi connectivity index (χ0n) is 8.49. The van der Waals surface area contributed by atoms with E-state index in [-0.39, 0.29) is 0 Å². The van der Waals surface area contributed by atoms with Crippen LogP contribution >= 0.6 is 22.6 Å². The third kappa shape index (κ3) is 3.53. The van der Waals surface area contributed by atoms with Crippen molar-refractivity contribution in [2.75, 3.05) is 7.11 Å². The summed E-state index contributed by atoms with van der Waals surface area (Å²) in [5.41, 5.74) is -1.63. The fraction of sp³-hybridized carbons (Fsp3) is 0.375. The van der Waals surface area contributed by atoms with Crippen molar-refractivity contribution in [1.29, 1.82) is 0 Å². The van der Waals surface area contributed by atoms with Crippen LogP contribution in [0.2, 0.25) is 0 Å². The number of halogens is 7. The third-order valence-electron chi connectivity index (χ3n) is 1.67. The second-order valence-electron chi connectivity index (χ2n) is 2.87. The SMILES string of the molecule is COc1cnc(I)c(C(F)(F)F)c1OC(F)(F)F. The molecule has 1 heterocycles. The second kappa shape index (κ2) is 4.97. The van der Waals surface area contributed by atoms with Gasteiger partial charge in [-0.1, -0.05) is 0 Å². The lowest BCUT2D eigenvalue weighted by molar-refractivity contribution is -0.276. The van der Waals surface area contributed by atoms with Crippen molar-refractivity contribution < 1.29 is 35.8 Å². The van der Waals surface area contributed by atoms with Gasteiger partial charge in [-0.2, -0.15) is 13.2 Å². The molecule has 0 amide bonds. The lowest BCUT2D eigenvalue weighted by Crippen LogP contribution is -2.22. The molecule has 18 heavy (non-hydrogen) atoms. The van der Waals surface area contributed by atoms with Gasteiger partial charge in [0.1, 0.15) is 9.26 Å². The van der Waals surface area contributed by atoms with E-state index in [1.165, 1.54) is 0 Å². The minimum Gasteiger partial charge on any atom is -0.491 e. The van der Waals surface area contributed by atoms with E-state index in [9.17, 15) is 26.3 Å². The van der Waals surface area contributed by atoms with E-state index in [0.29, 0.717) is 0 Å². The third-order valence-corrected chi connectivity index (χ3v) is 2.49. The van der Waals surface area contributed by atoms with Gasteiger partial charge in [0.05, 0.1) is 13.3 Å². The van der Waals surface area contributed by atoms with Crippen LogP contribution in [-0.2, 0) is 6.18 Å². The minimum atomic E-state index is -5.27. The molecule has 10 heteroatoms. The average molecular weight is 387 g/mol. The number of rotatable bonds is 2. The summed E-state index contributed by atoms with van der Waals surface area (Å²) in [5.74, 6) is -2.20. The van der Waals surface area contributed by atoms with Crippen molar-refractivity contribution in [2.45, 2.75) is 12.5 Å². The van der Waals surface area contributed by atoms with E-state index in [0.717, 1.165) is 35.9 Å². The molecule has 3 nitrogen and oxygen atoms in total. The topological polar surface area (TPSA) is 31.4 Å². The van der Waals surface area contributed by atoms with Crippen LogP contribution < -0.4 is 9.47 Å². The molecule has 0 atom stereocenters. The monoisotopic (exact) mass is 387 g/mol. The summed E-state index contributed by atoms with van der Waals surface area (Å²) in [6.07, 6.45) is -9.59. The molecule has 0 unspecified atom stereocenters. The Morgan fingerprint density at radius 1 is 1.17 bits per heavy atom. The van der Waals surface area contributed by atoms with Gasteiger partial charge in [0, 0.05) is 0 Å². The summed E-state index contributed by atoms with van der Waals surface area (Å²) in [6.45, 7) is 0. The molecular formula is C8H4F6INO2. The molecule has 0 fully saturated rings. The maximum Gasteiger partial charge on any atom is 0.573 e. The highest BCUT2D eigenvalue weighted by Crippen LogP contribution is 2.45. The molecule has 0 aliphatic carbocycles. The Labute approximate surface area is 110 Å². The molecule has 0 saturated heterocycles. The zero-order chi connectivity index (χ0) is 14.1. The summed E-state index contributed by atoms with van der Waals surface area (Å²) in [7, 11) is 0.910. The highest BCUT2D eigenvalue weighted by molar-refractivity contribution is 14.1. The molecule has 0 bridgehead atoms. The van der Waals surface area contributed by atoms with Gasteiger partial charge < -0.3 is 9.47 Å². The van der Waals surface area contributed by atoms with E-state index in [4.69, 9.17) is 0 Å². The number of alkyl halides is 6. The van der Waals surface area contributed by atoms with Crippen molar-refractivity contribution in [2.24, 2.45) is 0 Å². The van der Waals surface area contributed by atoms with Gasteiger partial charge in [-0.05, 0) is 22.6 Å². The number of pyridine rings is 1. The summed E-state index contributed by atoms with van der Waals surface area (Å²) in [6, 6.07) is 0. The zero-order valence-corrected chi connectivity index (χ0v) is 10.6. The molecule has 0 N–H and O–H groups in total. The molecule has 0 aliphatic heterocycles. The first-order valence-corrected chi connectivity index (χ1v) is 5.19. The molecule has 1 aromatic rings. The van der Waals surface area contributed by atoms with Gasteiger partial charge in [0.25, 0.3) is 0 Å². The van der Waals surface area contributed by atoms with Crippen molar-refractivity contribution in [3.05, 3.63) is 15.5 Å². The van der Waals surface area contributed by atoms with Crippen LogP contribution in [0, 0.1) is 3.70 Å². The Morgan fingerprint density at radius 2 is 1.72 bits per heavy atom. The minimum absolute atomic E-state index is 0.667. The standard InChI is InChI=1S/C8H4F6INO2/c1-17-3-2-16-6(15)4(7(9,10)11)5(3)18-8(12,13)14/h2H,1H3. The summed E-state index contributed by atoms with van der Waals surface area (Å²) < 4.78 is 81.3. The quantitative estimate of drug-likeness (QED) is 0.442. The smallest absolute Gasteiger partial charge is 0.491 e. The summed E-state index contributed by atoms with van der Waals surface area (Å²) >= 11 is 1.16. The van der Waals surface area contributed by atoms with Crippen molar-refractivity contribution >= 4 is 22.6 Å². The first-order valence-electron chi connectivity index (χ1n) is 4.11. The van der Waals surface area contributed by atoms with Gasteiger partial charge in [0.15, 0.2) is 11.5 Å². The fourth-order valence-corrected chi connectivity index (χ4v) is 1.75. The molecule has 1 aromatic heterocycles. The number of methoxy groups -OCH3 is 1. The molecule has 102 valence electrons. The Hall–Kier alpha value is -0.940. The Kier molecular flexibility index (Phi) is 4.18. The van der Waals surface area contributed by atoms with E-state index in [2.05, 4.69) is 14.5 Å². The van der Waals surface area contributed by atoms with Crippen LogP contribution in [0.1, 0.15) is 5.56 Å². The molecule has 1 rings (SSSR count). The number of hydrogen-bond donors (Lipinski definition) is 0. The van der Waals surface area contributed by atoms with E-state index in [1.807, 2.05) is 0 Å². The largest absolute Gasteiger partial charge is 0.573 e. The maximum absolute atomic E-state index is 12.7. The molecule has 0 aromatic carbocycles. The number of aromatic nitrogens is 1. The van der Waals surface area contributed by atoms with Crippen molar-refractivity contribution in [3.63, 3.8) is 0 Å². The summed E-state index contributed by atoms with van der Waals surface area (Å²) in [4.78, 5) is 3.30. The Balaban J connectivity index is 3.47. The van der Waals surface area contributed by atoms with Crippen LogP contribution in [-0.4, -0.2) is 18.5 Å². The molecular weight excluding hydrogens is 383 g/mol. The first kappa shape index (κ1) is 15.1. The lowest BCUT2D eigenvalue weighted by Gasteiger charge is -2.18. The highest BCUT2D eigenvalue weighted by atomic mass is 127. The number of ether oxygens (including phenoxy) is 2. The van der Waals surface area contributed by atoms with Crippen molar-refractivity contribution in [3.8, 4) is 11.5 Å². The highest BCUT2D eigenvalue weighted by Gasteiger charge is 2.43. The van der Waals surface area contributed by atoms with Gasteiger partial charge in [0.2, 0.25) is 0 Å². The summed E-state index contributed by atoms with van der Waals surface area (Å²) in [5, 5.41) is 0. The number of hydrogen-bond acceptors (Lipinski definition) is 3. The molecule has 0 aliphatic rings. The normalized spacial score (nSPS) is 12.4. The number of nitrogens with zero attached hydrogens (tertiary/aromatic N) is 1. The van der Waals surface area contributed by atoms with Crippen LogP contribution in [0.4, 0.5) is 26.3 Å². The average Bonchev–Trinajstić information content (AvgIpc) is 2.13. The predicted octanol–water partition coefficient (Wildman–Crippen LogP) is 3.61. The van der Waals surface area contributed by atoms with Gasteiger partial charge in [-0.3, -0.25) is 0 Å². The predicted molar refractivity (Wildman–Crippen MR) is 55.2 cm³/mol. The van der Waals surface area contributed by atoms with Gasteiger partial charge >= 0.3 is 12.5 Å². The fourth-order valence-electron chi connectivity index (χ4n) is 1.06. The van der Waals surface area contributed by atoms with E-state index < -0.39 is 33.3 Å². The molecule has 0 spiro atoms. The molecule has 0 radical (unpaired) electrons. The van der Waals surface area contributed by atoms with E-state index in [1.54, 1.807) is 0 Å². The van der Waals surface area contributed by atoms with Gasteiger partial charge in [-0.15, -0.1) is 13.2 Å². The first-order chi connectivity index (χ1) is 8.06. The van der Waals surface area contributed by atoms with E-state index >= 15 is 0 Å². The molecule has 0 saturated carbocycles. The second-order valence-corrected chi connectivity index (χ2v) is 3.89. The van der Waals surface area contributed by atoms with Crippen LogP contribution in [0.5, 0.6) is 11.5 Å². The van der Waals surface area contributed by atoms with Crippen molar-refractivity contribution in [1.82, 2.24) is 4.98 Å². The van der Waals surface area contributed by atoms with Gasteiger partial charge in [-0.25, -0.2) is 4.98 Å². The Bertz CT molecular complexity index is 444. The van der Waals surface area contributed by atoms with Crippen LogP contribution in [0.15, 0.2) is 6.20 Å². The van der Waals surface area contributed by atoms with Crippen LogP contribution in [0.25, 0.3) is 0 Å². The Morgan fingerprint density at radius 3 is 2.11 bits per heavy atom. The van der Waals surface area contributed by atoms with Crippen LogP contribution in [0.3, 0.4) is 0 Å². The lowest BCUT2D eigenvalue weighted by atomic mass is 10.2.